The van der Waals surface area contributed by atoms with Crippen LogP contribution in [0.25, 0.3) is 0 Å². The Kier molecular flexibility index (Phi) is 4.37. The Morgan fingerprint density at radius 2 is 2.07 bits per heavy atom. The SMILES string of the molecule is C=C(CNCC)Cn1ccn(CC)c1=O. The number of likely N-dealkylation sites (N-methyl/N-ethyl adjacent to an activating group) is 1. The molecule has 1 rings (SSSR count). The zero-order chi connectivity index (χ0) is 11.3. The standard InChI is InChI=1S/C11H19N3O/c1-4-12-8-10(3)9-14-7-6-13(5-2)11(14)15/h6-7,12H,3-5,8-9H2,1-2H3. The van der Waals surface area contributed by atoms with Gasteiger partial charge in [-0.2, -0.15) is 0 Å². The lowest BCUT2D eigenvalue weighted by Crippen LogP contribution is -2.26. The highest BCUT2D eigenvalue weighted by molar-refractivity contribution is 4.98. The molecule has 84 valence electrons. The third kappa shape index (κ3) is 3.09. The first-order valence-electron chi connectivity index (χ1n) is 5.32. The van der Waals surface area contributed by atoms with Crippen molar-refractivity contribution in [2.75, 3.05) is 13.1 Å². The molecule has 0 unspecified atom stereocenters. The molecule has 0 radical (unpaired) electrons. The zero-order valence-corrected chi connectivity index (χ0v) is 9.49. The van der Waals surface area contributed by atoms with Crippen LogP contribution in [0.3, 0.4) is 0 Å². The molecule has 0 spiro atoms. The van der Waals surface area contributed by atoms with E-state index in [1.807, 2.05) is 26.2 Å². The third-order valence-electron chi connectivity index (χ3n) is 2.28. The molecule has 0 aliphatic carbocycles. The van der Waals surface area contributed by atoms with Gasteiger partial charge < -0.3 is 5.32 Å². The third-order valence-corrected chi connectivity index (χ3v) is 2.28. The number of imidazole rings is 1. The van der Waals surface area contributed by atoms with Crippen molar-refractivity contribution in [2.45, 2.75) is 26.9 Å². The average Bonchev–Trinajstić information content (AvgIpc) is 2.57. The first kappa shape index (κ1) is 11.8. The second-order valence-electron chi connectivity index (χ2n) is 3.52. The summed E-state index contributed by atoms with van der Waals surface area (Å²) in [5, 5.41) is 3.19. The van der Waals surface area contributed by atoms with Crippen LogP contribution in [0.4, 0.5) is 0 Å². The van der Waals surface area contributed by atoms with Gasteiger partial charge in [-0.3, -0.25) is 9.13 Å². The highest BCUT2D eigenvalue weighted by Crippen LogP contribution is 1.93. The van der Waals surface area contributed by atoms with E-state index in [0.717, 1.165) is 18.7 Å². The molecule has 0 saturated heterocycles. The smallest absolute Gasteiger partial charge is 0.313 e. The van der Waals surface area contributed by atoms with Gasteiger partial charge in [0.1, 0.15) is 0 Å². The summed E-state index contributed by atoms with van der Waals surface area (Å²) >= 11 is 0. The van der Waals surface area contributed by atoms with Gasteiger partial charge in [-0.15, -0.1) is 0 Å². The number of hydrogen-bond donors (Lipinski definition) is 1. The van der Waals surface area contributed by atoms with Crippen LogP contribution in [0.2, 0.25) is 0 Å². The van der Waals surface area contributed by atoms with Gasteiger partial charge in [-0.1, -0.05) is 13.5 Å². The summed E-state index contributed by atoms with van der Waals surface area (Å²) in [7, 11) is 0. The first-order chi connectivity index (χ1) is 7.19. The molecule has 0 aliphatic heterocycles. The van der Waals surface area contributed by atoms with E-state index >= 15 is 0 Å². The molecule has 4 heteroatoms. The largest absolute Gasteiger partial charge is 0.328 e. The number of rotatable bonds is 6. The summed E-state index contributed by atoms with van der Waals surface area (Å²) in [6.45, 7) is 10.9. The predicted molar refractivity (Wildman–Crippen MR) is 62.0 cm³/mol. The van der Waals surface area contributed by atoms with Crippen LogP contribution in [0.15, 0.2) is 29.3 Å². The molecule has 0 saturated carbocycles. The minimum atomic E-state index is 0.0372. The average molecular weight is 209 g/mol. The Balaban J connectivity index is 2.61. The molecule has 0 fully saturated rings. The maximum absolute atomic E-state index is 11.7. The summed E-state index contributed by atoms with van der Waals surface area (Å²) in [6.07, 6.45) is 3.62. The van der Waals surface area contributed by atoms with E-state index < -0.39 is 0 Å². The lowest BCUT2D eigenvalue weighted by molar-refractivity contribution is 0.646. The highest BCUT2D eigenvalue weighted by Gasteiger charge is 2.02. The number of nitrogens with zero attached hydrogens (tertiary/aromatic N) is 2. The maximum Gasteiger partial charge on any atom is 0.328 e. The van der Waals surface area contributed by atoms with E-state index in [1.54, 1.807) is 9.13 Å². The molecule has 0 aromatic carbocycles. The highest BCUT2D eigenvalue weighted by atomic mass is 16.1. The van der Waals surface area contributed by atoms with Gasteiger partial charge in [0.25, 0.3) is 0 Å². The van der Waals surface area contributed by atoms with Crippen LogP contribution in [-0.2, 0) is 13.1 Å². The normalized spacial score (nSPS) is 10.5. The van der Waals surface area contributed by atoms with Crippen molar-refractivity contribution in [1.82, 2.24) is 14.5 Å². The Morgan fingerprint density at radius 3 is 2.60 bits per heavy atom. The van der Waals surface area contributed by atoms with Gasteiger partial charge in [0.15, 0.2) is 0 Å². The molecule has 1 aromatic heterocycles. The topological polar surface area (TPSA) is 39.0 Å². The van der Waals surface area contributed by atoms with Crippen molar-refractivity contribution in [2.24, 2.45) is 0 Å². The molecule has 0 bridgehead atoms. The Bertz CT molecular complexity index is 375. The molecule has 1 N–H and O–H groups in total. The zero-order valence-electron chi connectivity index (χ0n) is 9.49. The molecule has 4 nitrogen and oxygen atoms in total. The van der Waals surface area contributed by atoms with Gasteiger partial charge in [-0.25, -0.2) is 4.79 Å². The fourth-order valence-corrected chi connectivity index (χ4v) is 1.41. The summed E-state index contributed by atoms with van der Waals surface area (Å²) in [4.78, 5) is 11.7. The minimum absolute atomic E-state index is 0.0372. The van der Waals surface area contributed by atoms with E-state index in [2.05, 4.69) is 11.9 Å². The van der Waals surface area contributed by atoms with Gasteiger partial charge in [-0.05, 0) is 19.0 Å². The number of nitrogens with one attached hydrogen (secondary N) is 1. The summed E-state index contributed by atoms with van der Waals surface area (Å²) < 4.78 is 3.36. The van der Waals surface area contributed by atoms with E-state index in [0.29, 0.717) is 13.1 Å². The van der Waals surface area contributed by atoms with E-state index in [4.69, 9.17) is 0 Å². The second-order valence-corrected chi connectivity index (χ2v) is 3.52. The van der Waals surface area contributed by atoms with Gasteiger partial charge in [0, 0.05) is 32.0 Å². The molecule has 1 aromatic rings. The van der Waals surface area contributed by atoms with E-state index in [-0.39, 0.29) is 5.69 Å². The summed E-state index contributed by atoms with van der Waals surface area (Å²) in [5.74, 6) is 0. The maximum atomic E-state index is 11.7. The van der Waals surface area contributed by atoms with Gasteiger partial charge in [0.2, 0.25) is 0 Å². The molecule has 0 aliphatic rings. The van der Waals surface area contributed by atoms with Gasteiger partial charge in [0.05, 0.1) is 0 Å². The molecule has 15 heavy (non-hydrogen) atoms. The quantitative estimate of drug-likeness (QED) is 0.705. The lowest BCUT2D eigenvalue weighted by Gasteiger charge is -2.06. The Hall–Kier alpha value is -1.29. The number of hydrogen-bond acceptors (Lipinski definition) is 2. The minimum Gasteiger partial charge on any atom is -0.313 e. The van der Waals surface area contributed by atoms with E-state index in [1.165, 1.54) is 0 Å². The second kappa shape index (κ2) is 5.56. The van der Waals surface area contributed by atoms with Crippen LogP contribution < -0.4 is 11.0 Å². The summed E-state index contributed by atoms with van der Waals surface area (Å²) in [5.41, 5.74) is 1.06. The van der Waals surface area contributed by atoms with Crippen molar-refractivity contribution < 1.29 is 0 Å². The summed E-state index contributed by atoms with van der Waals surface area (Å²) in [6, 6.07) is 0. The van der Waals surface area contributed by atoms with Crippen molar-refractivity contribution in [1.29, 1.82) is 0 Å². The van der Waals surface area contributed by atoms with Gasteiger partial charge >= 0.3 is 5.69 Å². The van der Waals surface area contributed by atoms with Crippen molar-refractivity contribution in [3.63, 3.8) is 0 Å². The van der Waals surface area contributed by atoms with Crippen LogP contribution in [-0.4, -0.2) is 22.2 Å². The number of aryl methyl sites for hydroxylation is 1. The molecular formula is C11H19N3O. The van der Waals surface area contributed by atoms with Crippen molar-refractivity contribution in [3.8, 4) is 0 Å². The number of aromatic nitrogens is 2. The molecule has 1 heterocycles. The molecular weight excluding hydrogens is 190 g/mol. The van der Waals surface area contributed by atoms with Crippen LogP contribution in [0, 0.1) is 0 Å². The van der Waals surface area contributed by atoms with Crippen molar-refractivity contribution >= 4 is 0 Å². The lowest BCUT2D eigenvalue weighted by atomic mass is 10.3. The molecule has 0 atom stereocenters. The molecule has 0 amide bonds. The van der Waals surface area contributed by atoms with Crippen LogP contribution in [0.5, 0.6) is 0 Å². The Labute approximate surface area is 90.2 Å². The van der Waals surface area contributed by atoms with E-state index in [9.17, 15) is 4.79 Å². The van der Waals surface area contributed by atoms with Crippen LogP contribution >= 0.6 is 0 Å². The Morgan fingerprint density at radius 1 is 1.40 bits per heavy atom. The fraction of sp³-hybridized carbons (Fsp3) is 0.545. The first-order valence-corrected chi connectivity index (χ1v) is 5.32. The van der Waals surface area contributed by atoms with Crippen LogP contribution in [0.1, 0.15) is 13.8 Å². The fourth-order valence-electron chi connectivity index (χ4n) is 1.41. The predicted octanol–water partition coefficient (Wildman–Crippen LogP) is 0.835. The monoisotopic (exact) mass is 209 g/mol. The van der Waals surface area contributed by atoms with Crippen molar-refractivity contribution in [3.05, 3.63) is 35.0 Å².